The normalized spacial score (nSPS) is 12.1. The third-order valence-electron chi connectivity index (χ3n) is 12.8. The Balaban J connectivity index is 1.05. The SMILES string of the molecule is c1ccc(-c2nc(-c3cccc4sc5ccccc5c34)nc(-c3cccc4oc5ccc6ccc(-n7c8cc9ccccc9cc8c8ccc9ccccc9c87)cc6c5c34)n2)cc1. The Kier molecular flexibility index (Phi) is 7.21. The molecule has 292 valence electrons. The van der Waals surface area contributed by atoms with E-state index in [4.69, 9.17) is 19.4 Å². The molecule has 5 nitrogen and oxygen atoms in total. The number of nitrogens with zero attached hydrogens (tertiary/aromatic N) is 4. The van der Waals surface area contributed by atoms with Gasteiger partial charge in [0.25, 0.3) is 0 Å². The molecule has 63 heavy (non-hydrogen) atoms. The zero-order chi connectivity index (χ0) is 41.2. The van der Waals surface area contributed by atoms with E-state index >= 15 is 0 Å². The molecule has 4 heterocycles. The Morgan fingerprint density at radius 2 is 1.02 bits per heavy atom. The molecule has 14 aromatic rings. The summed E-state index contributed by atoms with van der Waals surface area (Å²) in [7, 11) is 0. The van der Waals surface area contributed by atoms with E-state index in [9.17, 15) is 0 Å². The van der Waals surface area contributed by atoms with Gasteiger partial charge in [0.2, 0.25) is 0 Å². The van der Waals surface area contributed by atoms with E-state index < -0.39 is 0 Å². The van der Waals surface area contributed by atoms with Crippen LogP contribution < -0.4 is 0 Å². The van der Waals surface area contributed by atoms with Gasteiger partial charge in [-0.2, -0.15) is 0 Å². The van der Waals surface area contributed by atoms with E-state index in [0.29, 0.717) is 17.5 Å². The summed E-state index contributed by atoms with van der Waals surface area (Å²) in [6.07, 6.45) is 0. The topological polar surface area (TPSA) is 56.7 Å². The van der Waals surface area contributed by atoms with Crippen LogP contribution >= 0.6 is 11.3 Å². The quantitative estimate of drug-likeness (QED) is 0.177. The Bertz CT molecular complexity index is 4220. The van der Waals surface area contributed by atoms with Crippen LogP contribution in [0.25, 0.3) is 136 Å². The third-order valence-corrected chi connectivity index (χ3v) is 13.9. The van der Waals surface area contributed by atoms with Crippen LogP contribution in [0.5, 0.6) is 0 Å². The highest BCUT2D eigenvalue weighted by molar-refractivity contribution is 7.25. The van der Waals surface area contributed by atoms with Crippen LogP contribution in [-0.4, -0.2) is 19.5 Å². The van der Waals surface area contributed by atoms with E-state index in [1.54, 1.807) is 11.3 Å². The van der Waals surface area contributed by atoms with Crippen LogP contribution in [0.2, 0.25) is 0 Å². The second-order valence-electron chi connectivity index (χ2n) is 16.3. The summed E-state index contributed by atoms with van der Waals surface area (Å²) in [6, 6.07) is 69.1. The van der Waals surface area contributed by atoms with Gasteiger partial charge in [-0.3, -0.25) is 0 Å². The molecule has 0 aliphatic heterocycles. The first kappa shape index (κ1) is 34.5. The molecule has 0 fully saturated rings. The average Bonchev–Trinajstić information content (AvgIpc) is 4.03. The first-order valence-electron chi connectivity index (χ1n) is 21.2. The number of aromatic nitrogens is 4. The average molecular weight is 821 g/mol. The van der Waals surface area contributed by atoms with E-state index in [2.05, 4.69) is 174 Å². The Labute approximate surface area is 363 Å². The minimum atomic E-state index is 0.595. The van der Waals surface area contributed by atoms with Crippen molar-refractivity contribution in [3.63, 3.8) is 0 Å². The summed E-state index contributed by atoms with van der Waals surface area (Å²) in [5, 5.41) is 13.9. The van der Waals surface area contributed by atoms with Gasteiger partial charge in [0.1, 0.15) is 11.2 Å². The fraction of sp³-hybridized carbons (Fsp3) is 0. The molecule has 0 radical (unpaired) electrons. The zero-order valence-electron chi connectivity index (χ0n) is 33.6. The van der Waals surface area contributed by atoms with Crippen LogP contribution in [0.1, 0.15) is 0 Å². The van der Waals surface area contributed by atoms with Crippen molar-refractivity contribution in [1.82, 2.24) is 19.5 Å². The lowest BCUT2D eigenvalue weighted by Gasteiger charge is -2.12. The van der Waals surface area contributed by atoms with Gasteiger partial charge in [-0.25, -0.2) is 15.0 Å². The highest BCUT2D eigenvalue weighted by Crippen LogP contribution is 2.44. The maximum Gasteiger partial charge on any atom is 0.164 e. The van der Waals surface area contributed by atoms with Crippen molar-refractivity contribution < 1.29 is 4.42 Å². The van der Waals surface area contributed by atoms with Crippen LogP contribution in [-0.2, 0) is 0 Å². The molecule has 0 atom stereocenters. The van der Waals surface area contributed by atoms with Crippen molar-refractivity contribution in [2.24, 2.45) is 0 Å². The van der Waals surface area contributed by atoms with Crippen molar-refractivity contribution in [3.8, 4) is 39.9 Å². The fourth-order valence-corrected chi connectivity index (χ4v) is 11.1. The number of hydrogen-bond donors (Lipinski definition) is 0. The lowest BCUT2D eigenvalue weighted by Crippen LogP contribution is -2.00. The van der Waals surface area contributed by atoms with Gasteiger partial charge in [0, 0.05) is 69.5 Å². The zero-order valence-corrected chi connectivity index (χ0v) is 34.4. The van der Waals surface area contributed by atoms with E-state index in [-0.39, 0.29) is 0 Å². The summed E-state index contributed by atoms with van der Waals surface area (Å²) in [5.41, 5.74) is 7.84. The number of rotatable bonds is 4. The molecule has 0 saturated carbocycles. The van der Waals surface area contributed by atoms with Crippen LogP contribution in [0.15, 0.2) is 199 Å². The highest BCUT2D eigenvalue weighted by atomic mass is 32.1. The number of thiophene rings is 1. The molecule has 4 aromatic heterocycles. The van der Waals surface area contributed by atoms with Crippen LogP contribution in [0.4, 0.5) is 0 Å². The molecule has 0 aliphatic rings. The third kappa shape index (κ3) is 5.13. The van der Waals surface area contributed by atoms with Gasteiger partial charge in [0.15, 0.2) is 17.5 Å². The molecule has 14 rings (SSSR count). The van der Waals surface area contributed by atoms with E-state index in [1.165, 1.54) is 58.1 Å². The predicted molar refractivity (Wildman–Crippen MR) is 263 cm³/mol. The molecule has 0 bridgehead atoms. The second kappa shape index (κ2) is 13.2. The van der Waals surface area contributed by atoms with Gasteiger partial charge in [-0.05, 0) is 75.5 Å². The number of fused-ring (bicyclic) bond motifs is 14. The lowest BCUT2D eigenvalue weighted by molar-refractivity contribution is 0.669. The molecule has 6 heteroatoms. The van der Waals surface area contributed by atoms with Gasteiger partial charge in [-0.15, -0.1) is 11.3 Å². The van der Waals surface area contributed by atoms with Crippen LogP contribution in [0, 0.1) is 0 Å². The van der Waals surface area contributed by atoms with Crippen molar-refractivity contribution in [1.29, 1.82) is 0 Å². The van der Waals surface area contributed by atoms with Gasteiger partial charge in [-0.1, -0.05) is 146 Å². The molecule has 0 amide bonds. The van der Waals surface area contributed by atoms with E-state index in [1.807, 2.05) is 24.3 Å². The van der Waals surface area contributed by atoms with Crippen molar-refractivity contribution in [2.75, 3.05) is 0 Å². The standard InChI is InChI=1S/C57H32N4OS/c1-2-13-35(14-3-1)55-58-56(42-20-11-23-50-51(42)41-18-8-9-22-49(41)63-50)60-57(59-55)43-19-10-21-47-52(43)53-44-32-38(27-24-34(44)26-29-48(53)62-47)61-46-31-37-16-5-4-15-36(37)30-45(46)40-28-25-33-12-6-7-17-39(33)54(40)61/h1-32H. The minimum absolute atomic E-state index is 0.595. The Morgan fingerprint density at radius 1 is 0.381 bits per heavy atom. The number of benzene rings is 10. The smallest absolute Gasteiger partial charge is 0.164 e. The summed E-state index contributed by atoms with van der Waals surface area (Å²) in [4.78, 5) is 15.8. The molecule has 0 N–H and O–H groups in total. The first-order valence-corrected chi connectivity index (χ1v) is 22.0. The molecule has 10 aromatic carbocycles. The van der Waals surface area contributed by atoms with Crippen molar-refractivity contribution in [3.05, 3.63) is 194 Å². The Hall–Kier alpha value is -8.19. The van der Waals surface area contributed by atoms with Gasteiger partial charge < -0.3 is 8.98 Å². The molecule has 0 unspecified atom stereocenters. The minimum Gasteiger partial charge on any atom is -0.456 e. The van der Waals surface area contributed by atoms with Crippen molar-refractivity contribution in [2.45, 2.75) is 0 Å². The summed E-state index contributed by atoms with van der Waals surface area (Å²) in [5.74, 6) is 1.85. The first-order chi connectivity index (χ1) is 31.2. The van der Waals surface area contributed by atoms with Crippen molar-refractivity contribution >= 4 is 108 Å². The maximum absolute atomic E-state index is 6.75. The second-order valence-corrected chi connectivity index (χ2v) is 17.4. The van der Waals surface area contributed by atoms with Crippen LogP contribution in [0.3, 0.4) is 0 Å². The Morgan fingerprint density at radius 3 is 1.87 bits per heavy atom. The monoisotopic (exact) mass is 820 g/mol. The fourth-order valence-electron chi connectivity index (χ4n) is 9.97. The lowest BCUT2D eigenvalue weighted by atomic mass is 9.99. The maximum atomic E-state index is 6.75. The predicted octanol–water partition coefficient (Wildman–Crippen LogP) is 15.7. The van der Waals surface area contributed by atoms with Gasteiger partial charge in [0.05, 0.1) is 11.0 Å². The molecular formula is C57H32N4OS. The summed E-state index contributed by atoms with van der Waals surface area (Å²) >= 11 is 1.79. The number of furan rings is 1. The van der Waals surface area contributed by atoms with E-state index in [0.717, 1.165) is 60.5 Å². The molecular weight excluding hydrogens is 789 g/mol. The molecule has 0 spiro atoms. The largest absolute Gasteiger partial charge is 0.456 e. The molecule has 0 aliphatic carbocycles. The summed E-state index contributed by atoms with van der Waals surface area (Å²) < 4.78 is 11.6. The summed E-state index contributed by atoms with van der Waals surface area (Å²) in [6.45, 7) is 0. The number of hydrogen-bond acceptors (Lipinski definition) is 5. The highest BCUT2D eigenvalue weighted by Gasteiger charge is 2.22. The molecule has 0 saturated heterocycles. The van der Waals surface area contributed by atoms with Gasteiger partial charge >= 0.3 is 0 Å².